The second-order valence-electron chi connectivity index (χ2n) is 10.9. The van der Waals surface area contributed by atoms with Gasteiger partial charge in [0.05, 0.1) is 37.0 Å². The summed E-state index contributed by atoms with van der Waals surface area (Å²) in [6.45, 7) is -0.378. The summed E-state index contributed by atoms with van der Waals surface area (Å²) in [6, 6.07) is 9.46. The number of ether oxygens (including phenoxy) is 3. The first-order chi connectivity index (χ1) is 21.3. The molecule has 3 atom stereocenters. The minimum absolute atomic E-state index is 0.0509. The highest BCUT2D eigenvalue weighted by atomic mass is 127. The third kappa shape index (κ3) is 6.53. The van der Waals surface area contributed by atoms with Crippen LogP contribution in [0.15, 0.2) is 52.5 Å². The van der Waals surface area contributed by atoms with Gasteiger partial charge in [-0.25, -0.2) is 0 Å². The Bertz CT molecular complexity index is 1530. The van der Waals surface area contributed by atoms with Crippen LogP contribution in [-0.2, 0) is 11.4 Å². The standard InChI is InChI=1S/C32H37IN2O9/c1-41-24-9-5-6-19-15-27(44-29(19)24)32(40)35(21-7-3-4-8-21)23-14-20(31(39)34-10-11-36)16-25(28(23)38)43-30-22(33)12-18(17-37)13-26(30)42-2/h5-6,9,12-13,15-16,21,23,25,28,36-38H,3-4,7-8,10-11,14,17H2,1-2H3,(H,34,39)/t23-,25+,28+/m1/s1. The van der Waals surface area contributed by atoms with Crippen molar-refractivity contribution >= 4 is 45.4 Å². The van der Waals surface area contributed by atoms with Crippen LogP contribution in [0, 0.1) is 3.57 Å². The lowest BCUT2D eigenvalue weighted by Crippen LogP contribution is -2.57. The summed E-state index contributed by atoms with van der Waals surface area (Å²) < 4.78 is 24.0. The van der Waals surface area contributed by atoms with Crippen LogP contribution in [0.5, 0.6) is 17.2 Å². The highest BCUT2D eigenvalue weighted by molar-refractivity contribution is 14.1. The van der Waals surface area contributed by atoms with Gasteiger partial charge in [0, 0.05) is 30.0 Å². The number of rotatable bonds is 11. The van der Waals surface area contributed by atoms with Crippen LogP contribution in [0.4, 0.5) is 0 Å². The van der Waals surface area contributed by atoms with E-state index < -0.39 is 30.1 Å². The van der Waals surface area contributed by atoms with E-state index in [4.69, 9.17) is 18.6 Å². The summed E-state index contributed by atoms with van der Waals surface area (Å²) in [4.78, 5) is 29.2. The van der Waals surface area contributed by atoms with Crippen LogP contribution in [0.1, 0.15) is 48.2 Å². The van der Waals surface area contributed by atoms with Crippen molar-refractivity contribution in [1.82, 2.24) is 10.2 Å². The first kappa shape index (κ1) is 32.1. The number of methoxy groups -OCH3 is 2. The number of furan rings is 1. The van der Waals surface area contributed by atoms with Crippen LogP contribution in [-0.4, -0.2) is 83.7 Å². The van der Waals surface area contributed by atoms with Crippen LogP contribution in [0.25, 0.3) is 11.0 Å². The lowest BCUT2D eigenvalue weighted by Gasteiger charge is -2.43. The second-order valence-corrected chi connectivity index (χ2v) is 12.1. The van der Waals surface area contributed by atoms with E-state index in [0.717, 1.165) is 25.7 Å². The number of hydrogen-bond acceptors (Lipinski definition) is 9. The van der Waals surface area contributed by atoms with E-state index in [1.807, 2.05) is 12.1 Å². The third-order valence-corrected chi connectivity index (χ3v) is 8.99. The molecule has 3 aromatic rings. The highest BCUT2D eigenvalue weighted by Gasteiger charge is 2.44. The van der Waals surface area contributed by atoms with Gasteiger partial charge in [-0.3, -0.25) is 9.59 Å². The van der Waals surface area contributed by atoms with Gasteiger partial charge in [-0.15, -0.1) is 0 Å². The molecule has 5 rings (SSSR count). The fourth-order valence-corrected chi connectivity index (χ4v) is 6.86. The summed E-state index contributed by atoms with van der Waals surface area (Å²) in [6.07, 6.45) is 2.73. The minimum atomic E-state index is -1.22. The van der Waals surface area contributed by atoms with Crippen molar-refractivity contribution in [2.75, 3.05) is 27.4 Å². The lowest BCUT2D eigenvalue weighted by molar-refractivity contribution is -0.118. The molecule has 2 amide bonds. The predicted molar refractivity (Wildman–Crippen MR) is 170 cm³/mol. The average molecular weight is 721 g/mol. The number of para-hydroxylation sites is 1. The zero-order valence-electron chi connectivity index (χ0n) is 24.6. The second kappa shape index (κ2) is 14.2. The Morgan fingerprint density at radius 1 is 1.09 bits per heavy atom. The molecule has 11 nitrogen and oxygen atoms in total. The Morgan fingerprint density at radius 2 is 1.84 bits per heavy atom. The Balaban J connectivity index is 1.55. The van der Waals surface area contributed by atoms with Crippen molar-refractivity contribution in [2.24, 2.45) is 0 Å². The third-order valence-electron chi connectivity index (χ3n) is 8.19. The zero-order chi connectivity index (χ0) is 31.4. The van der Waals surface area contributed by atoms with Crippen molar-refractivity contribution in [3.8, 4) is 17.2 Å². The molecular weight excluding hydrogens is 683 g/mol. The van der Waals surface area contributed by atoms with Gasteiger partial charge in [-0.1, -0.05) is 25.0 Å². The maximum absolute atomic E-state index is 14.3. The molecule has 2 aliphatic rings. The monoisotopic (exact) mass is 720 g/mol. The number of halogens is 1. The number of aliphatic hydroxyl groups excluding tert-OH is 3. The molecule has 4 N–H and O–H groups in total. The van der Waals surface area contributed by atoms with Crippen molar-refractivity contribution in [3.05, 3.63) is 62.9 Å². The van der Waals surface area contributed by atoms with Gasteiger partial charge in [0.25, 0.3) is 5.91 Å². The van der Waals surface area contributed by atoms with E-state index in [-0.39, 0.29) is 38.0 Å². The highest BCUT2D eigenvalue weighted by Crippen LogP contribution is 2.39. The van der Waals surface area contributed by atoms with Crippen molar-refractivity contribution in [2.45, 2.75) is 63.0 Å². The van der Waals surface area contributed by atoms with E-state index in [9.17, 15) is 24.9 Å². The number of nitrogens with one attached hydrogen (secondary N) is 1. The Morgan fingerprint density at radius 3 is 2.52 bits per heavy atom. The van der Waals surface area contributed by atoms with Gasteiger partial charge in [-0.2, -0.15) is 0 Å². The minimum Gasteiger partial charge on any atom is -0.493 e. The van der Waals surface area contributed by atoms with Gasteiger partial charge in [0.1, 0.15) is 12.2 Å². The van der Waals surface area contributed by atoms with E-state index in [2.05, 4.69) is 27.9 Å². The number of benzene rings is 2. The largest absolute Gasteiger partial charge is 0.493 e. The fraction of sp³-hybridized carbons (Fsp3) is 0.438. The summed E-state index contributed by atoms with van der Waals surface area (Å²) in [7, 11) is 3.01. The Labute approximate surface area is 268 Å². The molecule has 1 fully saturated rings. The van der Waals surface area contributed by atoms with Crippen LogP contribution in [0.2, 0.25) is 0 Å². The number of aliphatic hydroxyl groups is 3. The fourth-order valence-electron chi connectivity index (χ4n) is 6.06. The maximum Gasteiger partial charge on any atom is 0.290 e. The molecule has 2 aliphatic carbocycles. The number of carbonyl (C=O) groups is 2. The molecule has 236 valence electrons. The quantitative estimate of drug-likeness (QED) is 0.218. The van der Waals surface area contributed by atoms with Crippen molar-refractivity contribution in [3.63, 3.8) is 0 Å². The van der Waals surface area contributed by atoms with Crippen molar-refractivity contribution < 1.29 is 43.5 Å². The maximum atomic E-state index is 14.3. The molecule has 0 aliphatic heterocycles. The van der Waals surface area contributed by atoms with Gasteiger partial charge >= 0.3 is 0 Å². The molecule has 0 radical (unpaired) electrons. The van der Waals surface area contributed by atoms with E-state index in [0.29, 0.717) is 42.9 Å². The van der Waals surface area contributed by atoms with Crippen LogP contribution >= 0.6 is 22.6 Å². The molecule has 0 bridgehead atoms. The van der Waals surface area contributed by atoms with Gasteiger partial charge < -0.3 is 44.2 Å². The normalized spacial score (nSPS) is 20.3. The van der Waals surface area contributed by atoms with E-state index in [1.165, 1.54) is 14.2 Å². The topological polar surface area (TPSA) is 151 Å². The number of hydrogen-bond donors (Lipinski definition) is 4. The molecule has 2 aromatic carbocycles. The number of fused-ring (bicyclic) bond motifs is 1. The summed E-state index contributed by atoms with van der Waals surface area (Å²) in [5.41, 5.74) is 1.40. The summed E-state index contributed by atoms with van der Waals surface area (Å²) in [5.74, 6) is 0.488. The SMILES string of the molecule is COc1cc(CO)cc(I)c1O[C@H]1C=C(C(=O)NCCO)C[C@@H](N(C(=O)c2cc3cccc(OC)c3o2)C2CCCC2)[C@@H]1O. The van der Waals surface area contributed by atoms with Crippen LogP contribution in [0.3, 0.4) is 0 Å². The smallest absolute Gasteiger partial charge is 0.290 e. The molecule has 44 heavy (non-hydrogen) atoms. The van der Waals surface area contributed by atoms with Gasteiger partial charge in [0.2, 0.25) is 5.91 Å². The zero-order valence-corrected chi connectivity index (χ0v) is 26.8. The molecule has 0 spiro atoms. The van der Waals surface area contributed by atoms with Crippen LogP contribution < -0.4 is 19.5 Å². The Kier molecular flexibility index (Phi) is 10.3. The first-order valence-corrected chi connectivity index (χ1v) is 15.7. The molecular formula is C32H37IN2O9. The molecule has 1 aromatic heterocycles. The summed E-state index contributed by atoms with van der Waals surface area (Å²) >= 11 is 2.07. The number of nitrogens with zero attached hydrogens (tertiary/aromatic N) is 1. The van der Waals surface area contributed by atoms with E-state index in [1.54, 1.807) is 35.2 Å². The Hall–Kier alpha value is -3.33. The number of carbonyl (C=O) groups excluding carboxylic acids is 2. The predicted octanol–water partition coefficient (Wildman–Crippen LogP) is 3.55. The van der Waals surface area contributed by atoms with E-state index >= 15 is 0 Å². The van der Waals surface area contributed by atoms with Crippen molar-refractivity contribution in [1.29, 1.82) is 0 Å². The lowest BCUT2D eigenvalue weighted by atomic mass is 9.87. The average Bonchev–Trinajstić information content (AvgIpc) is 3.72. The molecule has 0 saturated heterocycles. The van der Waals surface area contributed by atoms with Gasteiger partial charge in [-0.05, 0) is 71.3 Å². The number of amides is 2. The molecule has 1 saturated carbocycles. The molecule has 0 unspecified atom stereocenters. The summed E-state index contributed by atoms with van der Waals surface area (Å²) in [5, 5.41) is 34.3. The van der Waals surface area contributed by atoms with Gasteiger partial charge in [0.15, 0.2) is 28.6 Å². The molecule has 1 heterocycles. The first-order valence-electron chi connectivity index (χ1n) is 14.6. The molecule has 12 heteroatoms.